The fourth-order valence-electron chi connectivity index (χ4n) is 2.15. The van der Waals surface area contributed by atoms with Gasteiger partial charge in [-0.15, -0.1) is 0 Å². The monoisotopic (exact) mass is 285 g/mol. The number of sulfonamides is 1. The summed E-state index contributed by atoms with van der Waals surface area (Å²) in [6.45, 7) is 3.06. The summed E-state index contributed by atoms with van der Waals surface area (Å²) in [5, 5.41) is 18.6. The summed E-state index contributed by atoms with van der Waals surface area (Å²) in [6.07, 6.45) is 0. The molecule has 0 aromatic heterocycles. The van der Waals surface area contributed by atoms with Crippen LogP contribution in [0.1, 0.15) is 22.8 Å². The van der Waals surface area contributed by atoms with E-state index >= 15 is 0 Å². The smallest absolute Gasteiger partial charge is 0.335 e. The van der Waals surface area contributed by atoms with Crippen LogP contribution in [0, 0.1) is 6.92 Å². The van der Waals surface area contributed by atoms with Gasteiger partial charge in [0.2, 0.25) is 10.0 Å². The molecule has 0 saturated carbocycles. The van der Waals surface area contributed by atoms with Crippen molar-refractivity contribution < 1.29 is 23.4 Å². The summed E-state index contributed by atoms with van der Waals surface area (Å²) >= 11 is 0. The van der Waals surface area contributed by atoms with Crippen LogP contribution in [-0.2, 0) is 10.0 Å². The predicted molar refractivity (Wildman–Crippen MR) is 67.5 cm³/mol. The van der Waals surface area contributed by atoms with Gasteiger partial charge in [-0.2, -0.15) is 4.31 Å². The number of aliphatic hydroxyl groups is 1. The molecule has 0 bridgehead atoms. The van der Waals surface area contributed by atoms with Crippen molar-refractivity contribution in [3.63, 3.8) is 0 Å². The van der Waals surface area contributed by atoms with E-state index in [1.807, 2.05) is 0 Å². The van der Waals surface area contributed by atoms with E-state index in [0.717, 1.165) is 4.31 Å². The van der Waals surface area contributed by atoms with Crippen molar-refractivity contribution in [2.75, 3.05) is 13.1 Å². The molecule has 0 atom stereocenters. The van der Waals surface area contributed by atoms with Crippen LogP contribution in [0.15, 0.2) is 23.1 Å². The molecule has 2 rings (SSSR count). The Morgan fingerprint density at radius 3 is 2.42 bits per heavy atom. The summed E-state index contributed by atoms with van der Waals surface area (Å²) in [4.78, 5) is 11.0. The average molecular weight is 285 g/mol. The van der Waals surface area contributed by atoms with Crippen LogP contribution in [0.25, 0.3) is 0 Å². The lowest BCUT2D eigenvalue weighted by atomic mass is 10.0. The zero-order valence-corrected chi connectivity index (χ0v) is 11.4. The highest BCUT2D eigenvalue weighted by Gasteiger charge is 2.44. The first-order chi connectivity index (χ1) is 8.65. The Bertz CT molecular complexity index is 628. The number of benzene rings is 1. The molecule has 19 heavy (non-hydrogen) atoms. The van der Waals surface area contributed by atoms with E-state index in [-0.39, 0.29) is 29.1 Å². The van der Waals surface area contributed by atoms with E-state index in [1.54, 1.807) is 6.92 Å². The third kappa shape index (κ3) is 2.36. The van der Waals surface area contributed by atoms with Gasteiger partial charge in [0.25, 0.3) is 0 Å². The molecule has 7 heteroatoms. The molecule has 0 radical (unpaired) electrons. The summed E-state index contributed by atoms with van der Waals surface area (Å²) in [5.74, 6) is -1.16. The second kappa shape index (κ2) is 4.29. The minimum atomic E-state index is -3.75. The largest absolute Gasteiger partial charge is 0.478 e. The van der Waals surface area contributed by atoms with E-state index in [4.69, 9.17) is 5.11 Å². The van der Waals surface area contributed by atoms with Crippen LogP contribution in [0.4, 0.5) is 0 Å². The second-order valence-corrected chi connectivity index (χ2v) is 6.91. The lowest BCUT2D eigenvalue weighted by Gasteiger charge is -2.43. The van der Waals surface area contributed by atoms with Gasteiger partial charge in [0.05, 0.1) is 16.1 Å². The maximum atomic E-state index is 12.3. The quantitative estimate of drug-likeness (QED) is 0.840. The zero-order valence-electron chi connectivity index (χ0n) is 10.6. The highest BCUT2D eigenvalue weighted by atomic mass is 32.2. The molecule has 0 spiro atoms. The van der Waals surface area contributed by atoms with Gasteiger partial charge in [0.1, 0.15) is 0 Å². The molecule has 1 aliphatic rings. The van der Waals surface area contributed by atoms with Crippen molar-refractivity contribution in [3.8, 4) is 0 Å². The predicted octanol–water partition coefficient (Wildman–Crippen LogP) is 0.449. The van der Waals surface area contributed by atoms with Crippen LogP contribution >= 0.6 is 0 Å². The minimum Gasteiger partial charge on any atom is -0.478 e. The fraction of sp³-hybridized carbons (Fsp3) is 0.417. The number of carboxylic acids is 1. The standard InChI is InChI=1S/C12H15NO5S/c1-8-9(11(14)15)4-3-5-10(8)19(17,18)13-6-12(2,16)7-13/h3-5,16H,6-7H2,1-2H3,(H,14,15). The number of rotatable bonds is 3. The second-order valence-electron chi connectivity index (χ2n) is 5.00. The molecule has 1 aromatic rings. The summed E-state index contributed by atoms with van der Waals surface area (Å²) in [5.41, 5.74) is -0.833. The van der Waals surface area contributed by atoms with Crippen molar-refractivity contribution in [1.82, 2.24) is 4.31 Å². The molecular weight excluding hydrogens is 270 g/mol. The highest BCUT2D eigenvalue weighted by Crippen LogP contribution is 2.30. The number of hydrogen-bond donors (Lipinski definition) is 2. The van der Waals surface area contributed by atoms with Gasteiger partial charge in [-0.1, -0.05) is 6.07 Å². The van der Waals surface area contributed by atoms with Crippen molar-refractivity contribution in [3.05, 3.63) is 29.3 Å². The van der Waals surface area contributed by atoms with Gasteiger partial charge in [-0.3, -0.25) is 0 Å². The molecule has 104 valence electrons. The minimum absolute atomic E-state index is 0.0199. The third-order valence-electron chi connectivity index (χ3n) is 3.17. The lowest BCUT2D eigenvalue weighted by Crippen LogP contribution is -2.61. The lowest BCUT2D eigenvalue weighted by molar-refractivity contribution is -0.0426. The molecule has 1 fully saturated rings. The Morgan fingerprint density at radius 2 is 1.95 bits per heavy atom. The van der Waals surface area contributed by atoms with E-state index in [2.05, 4.69) is 0 Å². The van der Waals surface area contributed by atoms with Gasteiger partial charge >= 0.3 is 5.97 Å². The number of aromatic carboxylic acids is 1. The first-order valence-corrected chi connectivity index (χ1v) is 7.15. The summed E-state index contributed by atoms with van der Waals surface area (Å²) in [6, 6.07) is 4.15. The fourth-order valence-corrected chi connectivity index (χ4v) is 4.07. The topological polar surface area (TPSA) is 94.9 Å². The van der Waals surface area contributed by atoms with Crippen molar-refractivity contribution >= 4 is 16.0 Å². The first kappa shape index (κ1) is 14.0. The Labute approximate surface area is 111 Å². The van der Waals surface area contributed by atoms with Crippen LogP contribution in [0.2, 0.25) is 0 Å². The number of carbonyl (C=O) groups is 1. The number of β-amino-alcohol motifs (C(OH)–C–C–N with tert-alkyl or cyclic N) is 1. The molecular formula is C12H15NO5S. The van der Waals surface area contributed by atoms with E-state index in [1.165, 1.54) is 25.1 Å². The molecule has 0 aliphatic carbocycles. The molecule has 0 unspecified atom stereocenters. The van der Waals surface area contributed by atoms with E-state index in [0.29, 0.717) is 0 Å². The van der Waals surface area contributed by atoms with E-state index < -0.39 is 21.6 Å². The number of nitrogens with zero attached hydrogens (tertiary/aromatic N) is 1. The molecule has 1 saturated heterocycles. The molecule has 0 amide bonds. The maximum Gasteiger partial charge on any atom is 0.335 e. The normalized spacial score (nSPS) is 18.9. The molecule has 1 aromatic carbocycles. The highest BCUT2D eigenvalue weighted by molar-refractivity contribution is 7.89. The van der Waals surface area contributed by atoms with Gasteiger partial charge in [0.15, 0.2) is 0 Å². The Morgan fingerprint density at radius 1 is 1.37 bits per heavy atom. The molecule has 1 aliphatic heterocycles. The van der Waals surface area contributed by atoms with Crippen LogP contribution < -0.4 is 0 Å². The number of hydrogen-bond acceptors (Lipinski definition) is 4. The maximum absolute atomic E-state index is 12.3. The van der Waals surface area contributed by atoms with Crippen molar-refractivity contribution in [2.45, 2.75) is 24.3 Å². The van der Waals surface area contributed by atoms with E-state index in [9.17, 15) is 18.3 Å². The third-order valence-corrected chi connectivity index (χ3v) is 5.10. The molecule has 1 heterocycles. The van der Waals surface area contributed by atoms with Crippen molar-refractivity contribution in [1.29, 1.82) is 0 Å². The zero-order chi connectivity index (χ0) is 14.4. The van der Waals surface area contributed by atoms with Gasteiger partial charge in [-0.05, 0) is 31.5 Å². The van der Waals surface area contributed by atoms with Gasteiger partial charge < -0.3 is 10.2 Å². The van der Waals surface area contributed by atoms with Crippen LogP contribution in [0.3, 0.4) is 0 Å². The SMILES string of the molecule is Cc1c(C(=O)O)cccc1S(=O)(=O)N1CC(C)(O)C1. The molecule has 2 N–H and O–H groups in total. The summed E-state index contributed by atoms with van der Waals surface area (Å²) in [7, 11) is -3.75. The van der Waals surface area contributed by atoms with Crippen LogP contribution in [0.5, 0.6) is 0 Å². The Balaban J connectivity index is 2.43. The van der Waals surface area contributed by atoms with Crippen LogP contribution in [-0.4, -0.2) is 47.6 Å². The Kier molecular flexibility index (Phi) is 3.16. The van der Waals surface area contributed by atoms with Gasteiger partial charge in [-0.25, -0.2) is 13.2 Å². The first-order valence-electron chi connectivity index (χ1n) is 5.70. The molecule has 6 nitrogen and oxygen atoms in total. The average Bonchev–Trinajstić information content (AvgIpc) is 2.25. The number of carboxylic acid groups (broad SMARTS) is 1. The van der Waals surface area contributed by atoms with Crippen molar-refractivity contribution in [2.24, 2.45) is 0 Å². The summed E-state index contributed by atoms with van der Waals surface area (Å²) < 4.78 is 25.8. The van der Waals surface area contributed by atoms with Gasteiger partial charge in [0, 0.05) is 13.1 Å². The Hall–Kier alpha value is -1.44.